The second kappa shape index (κ2) is 10.4. The lowest BCUT2D eigenvalue weighted by Crippen LogP contribution is -2.67. The Hall–Kier alpha value is -1.58. The molecule has 2 aromatic rings. The molecule has 1 saturated heterocycles. The Labute approximate surface area is 202 Å². The van der Waals surface area contributed by atoms with E-state index >= 15 is 0 Å². The molecule has 31 heavy (non-hydrogen) atoms. The molecule has 2 heterocycles. The van der Waals surface area contributed by atoms with E-state index in [4.69, 9.17) is 9.15 Å². The van der Waals surface area contributed by atoms with Gasteiger partial charge >= 0.3 is 0 Å². The van der Waals surface area contributed by atoms with Crippen LogP contribution in [0.5, 0.6) is 0 Å². The molecule has 4 rings (SSSR count). The second-order valence-corrected chi connectivity index (χ2v) is 9.13. The fourth-order valence-electron chi connectivity index (χ4n) is 5.04. The van der Waals surface area contributed by atoms with Crippen LogP contribution in [0.15, 0.2) is 52.1 Å². The van der Waals surface area contributed by atoms with Crippen molar-refractivity contribution in [2.75, 3.05) is 20.7 Å². The van der Waals surface area contributed by atoms with E-state index in [1.807, 2.05) is 19.2 Å². The van der Waals surface area contributed by atoms with Gasteiger partial charge in [-0.1, -0.05) is 38.1 Å². The molecule has 1 aromatic heterocycles. The van der Waals surface area contributed by atoms with E-state index in [9.17, 15) is 0 Å². The molecule has 7 heteroatoms. The first-order valence-electron chi connectivity index (χ1n) is 10.9. The minimum absolute atomic E-state index is 0. The first-order valence-corrected chi connectivity index (χ1v) is 10.9. The van der Waals surface area contributed by atoms with Gasteiger partial charge in [0.15, 0.2) is 5.96 Å². The largest absolute Gasteiger partial charge is 0.468 e. The molecule has 2 aliphatic rings. The predicted molar refractivity (Wildman–Crippen MR) is 134 cm³/mol. The molecule has 2 fully saturated rings. The van der Waals surface area contributed by atoms with Crippen LogP contribution in [0.4, 0.5) is 0 Å². The summed E-state index contributed by atoms with van der Waals surface area (Å²) in [6.07, 6.45) is 3.23. The monoisotopic (exact) mass is 538 g/mol. The number of furan rings is 1. The number of rotatable bonds is 7. The van der Waals surface area contributed by atoms with Gasteiger partial charge in [0.2, 0.25) is 0 Å². The summed E-state index contributed by atoms with van der Waals surface area (Å²) in [5, 5.41) is 7.18. The van der Waals surface area contributed by atoms with Crippen LogP contribution in [0.3, 0.4) is 0 Å². The first-order chi connectivity index (χ1) is 14.5. The summed E-state index contributed by atoms with van der Waals surface area (Å²) in [6, 6.07) is 12.9. The second-order valence-electron chi connectivity index (χ2n) is 9.13. The van der Waals surface area contributed by atoms with Crippen molar-refractivity contribution < 1.29 is 9.15 Å². The van der Waals surface area contributed by atoms with Crippen LogP contribution in [-0.2, 0) is 24.4 Å². The van der Waals surface area contributed by atoms with Gasteiger partial charge in [0.25, 0.3) is 0 Å². The molecule has 0 radical (unpaired) electrons. The lowest BCUT2D eigenvalue weighted by atomic mass is 9.57. The quantitative estimate of drug-likeness (QED) is 0.317. The average Bonchev–Trinajstić information content (AvgIpc) is 3.40. The summed E-state index contributed by atoms with van der Waals surface area (Å²) in [5.41, 5.74) is 2.72. The molecule has 170 valence electrons. The van der Waals surface area contributed by atoms with Gasteiger partial charge in [0.1, 0.15) is 5.76 Å². The molecule has 3 atom stereocenters. The van der Waals surface area contributed by atoms with Crippen LogP contribution in [0.25, 0.3) is 0 Å². The number of halogens is 1. The van der Waals surface area contributed by atoms with Gasteiger partial charge in [-0.3, -0.25) is 9.89 Å². The maximum Gasteiger partial charge on any atom is 0.191 e. The topological polar surface area (TPSA) is 62.0 Å². The standard InChI is InChI=1S/C24H34N4O2.HI/c1-24(2)21(20-11-13-30-22(20)24)27-23(25-3)26-14-17-8-5-6-9-18(17)15-28(4)16-19-10-7-12-29-19;/h5-10,12,20-22H,11,13-16H2,1-4H3,(H2,25,26,27);1H. The molecule has 0 amide bonds. The molecular weight excluding hydrogens is 503 g/mol. The predicted octanol–water partition coefficient (Wildman–Crippen LogP) is 4.01. The molecule has 1 saturated carbocycles. The first kappa shape index (κ1) is 24.1. The average molecular weight is 538 g/mol. The number of benzene rings is 1. The molecule has 1 aliphatic carbocycles. The number of nitrogens with one attached hydrogen (secondary N) is 2. The van der Waals surface area contributed by atoms with Crippen LogP contribution >= 0.6 is 24.0 Å². The fraction of sp³-hybridized carbons (Fsp3) is 0.542. The van der Waals surface area contributed by atoms with Crippen LogP contribution < -0.4 is 10.6 Å². The highest BCUT2D eigenvalue weighted by Crippen LogP contribution is 2.52. The van der Waals surface area contributed by atoms with Gasteiger partial charge in [-0.2, -0.15) is 0 Å². The zero-order valence-corrected chi connectivity index (χ0v) is 21.3. The number of hydrogen-bond donors (Lipinski definition) is 2. The van der Waals surface area contributed by atoms with Crippen molar-refractivity contribution in [1.82, 2.24) is 15.5 Å². The number of fused-ring (bicyclic) bond motifs is 1. The van der Waals surface area contributed by atoms with Crippen LogP contribution in [-0.4, -0.2) is 43.7 Å². The van der Waals surface area contributed by atoms with Gasteiger partial charge in [-0.25, -0.2) is 0 Å². The zero-order chi connectivity index (χ0) is 21.1. The molecule has 0 bridgehead atoms. The van der Waals surface area contributed by atoms with Gasteiger partial charge in [-0.15, -0.1) is 24.0 Å². The summed E-state index contributed by atoms with van der Waals surface area (Å²) in [5.74, 6) is 2.42. The van der Waals surface area contributed by atoms with E-state index in [1.165, 1.54) is 11.1 Å². The maximum atomic E-state index is 5.92. The SMILES string of the molecule is CN=C(NCc1ccccc1CN(C)Cc1ccco1)NC1C2CCOC2C1(C)C.I. The van der Waals surface area contributed by atoms with E-state index in [0.717, 1.165) is 44.4 Å². The normalized spacial score (nSPS) is 24.3. The number of aliphatic imine (C=N–C) groups is 1. The third kappa shape index (κ3) is 5.26. The molecule has 0 spiro atoms. The number of ether oxygens (including phenoxy) is 1. The molecular formula is C24H35IN4O2. The van der Waals surface area contributed by atoms with Gasteiger partial charge in [0, 0.05) is 44.1 Å². The van der Waals surface area contributed by atoms with Gasteiger partial charge in [-0.05, 0) is 36.7 Å². The van der Waals surface area contributed by atoms with Crippen molar-refractivity contribution in [1.29, 1.82) is 0 Å². The molecule has 1 aromatic carbocycles. The van der Waals surface area contributed by atoms with Gasteiger partial charge < -0.3 is 19.8 Å². The highest BCUT2D eigenvalue weighted by atomic mass is 127. The van der Waals surface area contributed by atoms with Crippen LogP contribution in [0.1, 0.15) is 37.2 Å². The number of nitrogens with zero attached hydrogens (tertiary/aromatic N) is 2. The lowest BCUT2D eigenvalue weighted by molar-refractivity contribution is -0.106. The third-order valence-electron chi connectivity index (χ3n) is 6.63. The summed E-state index contributed by atoms with van der Waals surface area (Å²) in [7, 11) is 3.96. The minimum atomic E-state index is 0. The Morgan fingerprint density at radius 3 is 2.65 bits per heavy atom. The molecule has 2 N–H and O–H groups in total. The molecule has 1 aliphatic heterocycles. The van der Waals surface area contributed by atoms with E-state index in [1.54, 1.807) is 6.26 Å². The minimum Gasteiger partial charge on any atom is -0.468 e. The van der Waals surface area contributed by atoms with Gasteiger partial charge in [0.05, 0.1) is 18.9 Å². The molecule has 3 unspecified atom stereocenters. The van der Waals surface area contributed by atoms with Crippen molar-refractivity contribution in [2.24, 2.45) is 16.3 Å². The maximum absolute atomic E-state index is 5.92. The van der Waals surface area contributed by atoms with Crippen molar-refractivity contribution in [3.8, 4) is 0 Å². The number of guanidine groups is 1. The summed E-state index contributed by atoms with van der Waals surface area (Å²) < 4.78 is 11.4. The van der Waals surface area contributed by atoms with E-state index in [0.29, 0.717) is 18.1 Å². The Kier molecular flexibility index (Phi) is 8.04. The molecule has 6 nitrogen and oxygen atoms in total. The highest BCUT2D eigenvalue weighted by molar-refractivity contribution is 14.0. The van der Waals surface area contributed by atoms with Crippen molar-refractivity contribution in [3.63, 3.8) is 0 Å². The van der Waals surface area contributed by atoms with Crippen molar-refractivity contribution >= 4 is 29.9 Å². The Balaban J connectivity index is 0.00000272. The van der Waals surface area contributed by atoms with Crippen LogP contribution in [0, 0.1) is 11.3 Å². The van der Waals surface area contributed by atoms with E-state index in [-0.39, 0.29) is 29.4 Å². The Morgan fingerprint density at radius 1 is 1.16 bits per heavy atom. The van der Waals surface area contributed by atoms with E-state index in [2.05, 4.69) is 65.7 Å². The van der Waals surface area contributed by atoms with Crippen LogP contribution in [0.2, 0.25) is 0 Å². The van der Waals surface area contributed by atoms with Crippen molar-refractivity contribution in [2.45, 2.75) is 52.0 Å². The number of hydrogen-bond acceptors (Lipinski definition) is 4. The zero-order valence-electron chi connectivity index (χ0n) is 18.9. The Bertz CT molecular complexity index is 868. The summed E-state index contributed by atoms with van der Waals surface area (Å²) >= 11 is 0. The highest BCUT2D eigenvalue weighted by Gasteiger charge is 2.59. The fourth-order valence-corrected chi connectivity index (χ4v) is 5.04. The Morgan fingerprint density at radius 2 is 1.94 bits per heavy atom. The third-order valence-corrected chi connectivity index (χ3v) is 6.63. The smallest absolute Gasteiger partial charge is 0.191 e. The van der Waals surface area contributed by atoms with E-state index < -0.39 is 0 Å². The summed E-state index contributed by atoms with van der Waals surface area (Å²) in [6.45, 7) is 7.84. The van der Waals surface area contributed by atoms with Crippen molar-refractivity contribution in [3.05, 3.63) is 59.5 Å². The summed E-state index contributed by atoms with van der Waals surface area (Å²) in [4.78, 5) is 6.74. The lowest BCUT2D eigenvalue weighted by Gasteiger charge is -2.54.